The molecule has 0 radical (unpaired) electrons. The van der Waals surface area contributed by atoms with Crippen molar-refractivity contribution in [2.24, 2.45) is 0 Å². The normalized spacial score (nSPS) is 10.4. The molecule has 0 fully saturated rings. The van der Waals surface area contributed by atoms with Crippen LogP contribution in [0.25, 0.3) is 0 Å². The van der Waals surface area contributed by atoms with Crippen LogP contribution >= 0.6 is 0 Å². The van der Waals surface area contributed by atoms with Crippen molar-refractivity contribution in [2.45, 2.75) is 13.5 Å². The first-order valence-electron chi connectivity index (χ1n) is 5.81. The third kappa shape index (κ3) is 2.90. The van der Waals surface area contributed by atoms with E-state index in [1.807, 2.05) is 0 Å². The number of H-pyrrole nitrogens is 1. The number of carbonyl (C=O) groups excluding carboxylic acids is 1. The topological polar surface area (TPSA) is 64.1 Å². The molecule has 5 nitrogen and oxygen atoms in total. The van der Waals surface area contributed by atoms with Gasteiger partial charge in [-0.2, -0.15) is 0 Å². The molecule has 6 heteroatoms. The first-order chi connectivity index (χ1) is 9.11. The standard InChI is InChI=1S/C13H13FN2O3/c1-2-19-13(18)11-7-15-16(12(11)17)8-9-4-3-5-10(14)6-9/h3-7,15H,2,8H2,1H3. The monoisotopic (exact) mass is 264 g/mol. The Morgan fingerprint density at radius 2 is 2.26 bits per heavy atom. The SMILES string of the molecule is CCOC(=O)c1c[nH]n(Cc2cccc(F)c2)c1=O. The summed E-state index contributed by atoms with van der Waals surface area (Å²) in [5.41, 5.74) is 0.0836. The number of ether oxygens (including phenoxy) is 1. The van der Waals surface area contributed by atoms with Gasteiger partial charge in [-0.1, -0.05) is 12.1 Å². The van der Waals surface area contributed by atoms with Gasteiger partial charge in [0, 0.05) is 6.20 Å². The lowest BCUT2D eigenvalue weighted by atomic mass is 10.2. The highest BCUT2D eigenvalue weighted by molar-refractivity contribution is 5.88. The lowest BCUT2D eigenvalue weighted by molar-refractivity contribution is 0.0524. The van der Waals surface area contributed by atoms with E-state index in [0.29, 0.717) is 5.56 Å². The molecule has 0 unspecified atom stereocenters. The maximum atomic E-state index is 13.0. The molecule has 0 atom stereocenters. The number of nitrogens with zero attached hydrogens (tertiary/aromatic N) is 1. The largest absolute Gasteiger partial charge is 0.462 e. The molecule has 0 saturated heterocycles. The van der Waals surface area contributed by atoms with Crippen molar-refractivity contribution < 1.29 is 13.9 Å². The summed E-state index contributed by atoms with van der Waals surface area (Å²) >= 11 is 0. The summed E-state index contributed by atoms with van der Waals surface area (Å²) in [6.07, 6.45) is 1.29. The van der Waals surface area contributed by atoms with Crippen LogP contribution in [0.1, 0.15) is 22.8 Å². The van der Waals surface area contributed by atoms with Crippen LogP contribution in [0.5, 0.6) is 0 Å². The van der Waals surface area contributed by atoms with Gasteiger partial charge in [-0.3, -0.25) is 4.79 Å². The third-order valence-electron chi connectivity index (χ3n) is 2.57. The van der Waals surface area contributed by atoms with Crippen LogP contribution in [0, 0.1) is 5.82 Å². The minimum Gasteiger partial charge on any atom is -0.462 e. The maximum Gasteiger partial charge on any atom is 0.345 e. The van der Waals surface area contributed by atoms with Gasteiger partial charge in [-0.05, 0) is 24.6 Å². The number of aromatic nitrogens is 2. The fraction of sp³-hybridized carbons (Fsp3) is 0.231. The summed E-state index contributed by atoms with van der Waals surface area (Å²) in [6, 6.07) is 5.91. The number of nitrogens with one attached hydrogen (secondary N) is 1. The molecule has 0 aliphatic heterocycles. The molecule has 0 amide bonds. The molecule has 2 rings (SSSR count). The molecule has 0 bridgehead atoms. The molecule has 0 saturated carbocycles. The maximum absolute atomic E-state index is 13.0. The zero-order valence-electron chi connectivity index (χ0n) is 10.4. The van der Waals surface area contributed by atoms with Gasteiger partial charge >= 0.3 is 5.97 Å². The van der Waals surface area contributed by atoms with Crippen LogP contribution < -0.4 is 5.56 Å². The van der Waals surface area contributed by atoms with E-state index in [1.165, 1.54) is 23.0 Å². The summed E-state index contributed by atoms with van der Waals surface area (Å²) in [5, 5.41) is 2.66. The Labute approximate surface area is 108 Å². The van der Waals surface area contributed by atoms with E-state index >= 15 is 0 Å². The average molecular weight is 264 g/mol. The van der Waals surface area contributed by atoms with E-state index < -0.39 is 11.5 Å². The Morgan fingerprint density at radius 1 is 1.47 bits per heavy atom. The fourth-order valence-corrected chi connectivity index (χ4v) is 1.70. The van der Waals surface area contributed by atoms with E-state index in [4.69, 9.17) is 4.74 Å². The van der Waals surface area contributed by atoms with Crippen molar-refractivity contribution in [3.63, 3.8) is 0 Å². The quantitative estimate of drug-likeness (QED) is 0.852. The molecule has 2 aromatic rings. The van der Waals surface area contributed by atoms with Crippen molar-refractivity contribution in [1.29, 1.82) is 0 Å². The van der Waals surface area contributed by atoms with E-state index in [0.717, 1.165) is 0 Å². The van der Waals surface area contributed by atoms with Crippen LogP contribution in [-0.4, -0.2) is 22.4 Å². The fourth-order valence-electron chi connectivity index (χ4n) is 1.70. The molecule has 0 aliphatic carbocycles. The summed E-state index contributed by atoms with van der Waals surface area (Å²) in [5.74, 6) is -1.04. The van der Waals surface area contributed by atoms with Crippen LogP contribution in [0.3, 0.4) is 0 Å². The van der Waals surface area contributed by atoms with E-state index in [2.05, 4.69) is 5.10 Å². The molecule has 1 N–H and O–H groups in total. The Kier molecular flexibility index (Phi) is 3.79. The summed E-state index contributed by atoms with van der Waals surface area (Å²) in [4.78, 5) is 23.4. The van der Waals surface area contributed by atoms with Crippen molar-refractivity contribution in [3.05, 3.63) is 57.8 Å². The number of hydrogen-bond donors (Lipinski definition) is 1. The van der Waals surface area contributed by atoms with Gasteiger partial charge in [0.2, 0.25) is 0 Å². The van der Waals surface area contributed by atoms with Crippen molar-refractivity contribution >= 4 is 5.97 Å². The van der Waals surface area contributed by atoms with Crippen LogP contribution in [0.15, 0.2) is 35.3 Å². The van der Waals surface area contributed by atoms with Gasteiger partial charge in [-0.25, -0.2) is 13.9 Å². The smallest absolute Gasteiger partial charge is 0.345 e. The third-order valence-corrected chi connectivity index (χ3v) is 2.57. The number of aromatic amines is 1. The lowest BCUT2D eigenvalue weighted by Gasteiger charge is -2.02. The van der Waals surface area contributed by atoms with Crippen LogP contribution in [-0.2, 0) is 11.3 Å². The van der Waals surface area contributed by atoms with Gasteiger partial charge in [0.25, 0.3) is 5.56 Å². The molecule has 0 spiro atoms. The molecule has 1 aromatic carbocycles. The molecular weight excluding hydrogens is 251 g/mol. The van der Waals surface area contributed by atoms with Gasteiger partial charge in [0.05, 0.1) is 13.2 Å². The molecule has 0 aliphatic rings. The highest BCUT2D eigenvalue weighted by Crippen LogP contribution is 2.04. The van der Waals surface area contributed by atoms with E-state index in [1.54, 1.807) is 19.1 Å². The van der Waals surface area contributed by atoms with Crippen molar-refractivity contribution in [1.82, 2.24) is 9.78 Å². The number of esters is 1. The van der Waals surface area contributed by atoms with E-state index in [-0.39, 0.29) is 24.5 Å². The van der Waals surface area contributed by atoms with Gasteiger partial charge < -0.3 is 9.84 Å². The zero-order valence-corrected chi connectivity index (χ0v) is 10.4. The minimum absolute atomic E-state index is 0.0572. The second kappa shape index (κ2) is 5.51. The molecule has 1 heterocycles. The first-order valence-corrected chi connectivity index (χ1v) is 5.81. The number of hydrogen-bond acceptors (Lipinski definition) is 3. The van der Waals surface area contributed by atoms with Crippen molar-refractivity contribution in [3.8, 4) is 0 Å². The number of carbonyl (C=O) groups is 1. The summed E-state index contributed by atoms with van der Waals surface area (Å²) in [7, 11) is 0. The lowest BCUT2D eigenvalue weighted by Crippen LogP contribution is -2.23. The second-order valence-electron chi connectivity index (χ2n) is 3.93. The molecule has 19 heavy (non-hydrogen) atoms. The van der Waals surface area contributed by atoms with Crippen LogP contribution in [0.2, 0.25) is 0 Å². The predicted molar refractivity (Wildman–Crippen MR) is 66.5 cm³/mol. The Bertz CT molecular complexity index is 645. The predicted octanol–water partition coefficient (Wildman–Crippen LogP) is 1.54. The van der Waals surface area contributed by atoms with Gasteiger partial charge in [0.1, 0.15) is 11.4 Å². The zero-order chi connectivity index (χ0) is 13.8. The average Bonchev–Trinajstić information content (AvgIpc) is 2.71. The highest BCUT2D eigenvalue weighted by atomic mass is 19.1. The number of benzene rings is 1. The Balaban J connectivity index is 2.23. The Hall–Kier alpha value is -2.37. The van der Waals surface area contributed by atoms with Crippen molar-refractivity contribution in [2.75, 3.05) is 6.61 Å². The molecular formula is C13H13FN2O3. The highest BCUT2D eigenvalue weighted by Gasteiger charge is 2.15. The first kappa shape index (κ1) is 13.1. The molecule has 100 valence electrons. The van der Waals surface area contributed by atoms with Gasteiger partial charge in [-0.15, -0.1) is 0 Å². The minimum atomic E-state index is -0.665. The van der Waals surface area contributed by atoms with Gasteiger partial charge in [0.15, 0.2) is 0 Å². The van der Waals surface area contributed by atoms with E-state index in [9.17, 15) is 14.0 Å². The second-order valence-corrected chi connectivity index (χ2v) is 3.93. The number of rotatable bonds is 4. The Morgan fingerprint density at radius 3 is 2.95 bits per heavy atom. The number of halogens is 1. The van der Waals surface area contributed by atoms with Crippen LogP contribution in [0.4, 0.5) is 4.39 Å². The molecule has 1 aromatic heterocycles. The summed E-state index contributed by atoms with van der Waals surface area (Å²) < 4.78 is 19.0. The summed E-state index contributed by atoms with van der Waals surface area (Å²) in [6.45, 7) is 2.03.